The van der Waals surface area contributed by atoms with Gasteiger partial charge in [0.15, 0.2) is 0 Å². The van der Waals surface area contributed by atoms with Crippen LogP contribution in [0.2, 0.25) is 0 Å². The second-order valence-corrected chi connectivity index (χ2v) is 9.40. The van der Waals surface area contributed by atoms with Crippen molar-refractivity contribution in [1.29, 1.82) is 0 Å². The van der Waals surface area contributed by atoms with E-state index >= 15 is 0 Å². The number of azo groups is 1. The molecule has 3 aromatic carbocycles. The van der Waals surface area contributed by atoms with Gasteiger partial charge in [0, 0.05) is 13.1 Å². The molecule has 0 aliphatic carbocycles. The Morgan fingerprint density at radius 3 is 2.06 bits per heavy atom. The van der Waals surface area contributed by atoms with Gasteiger partial charge in [0.25, 0.3) is 0 Å². The summed E-state index contributed by atoms with van der Waals surface area (Å²) in [6.07, 6.45) is 1.98. The summed E-state index contributed by atoms with van der Waals surface area (Å²) in [5, 5.41) is 17.0. The molecule has 0 spiro atoms. The largest absolute Gasteiger partial charge is 0.409 e. The third kappa shape index (κ3) is 5.77. The molecule has 0 saturated carbocycles. The van der Waals surface area contributed by atoms with Crippen LogP contribution in [0.5, 0.6) is 0 Å². The Morgan fingerprint density at radius 1 is 0.806 bits per heavy atom. The molecule has 0 atom stereocenters. The number of thiazole rings is 1. The predicted octanol–water partition coefficient (Wildman–Crippen LogP) is 6.97. The lowest BCUT2D eigenvalue weighted by molar-refractivity contribution is -0.654. The van der Waals surface area contributed by atoms with Crippen molar-refractivity contribution < 1.29 is 4.57 Å². The minimum Gasteiger partial charge on any atom is -0.379 e. The molecular formula is C24H23BrN5S+. The molecule has 0 unspecified atom stereocenters. The van der Waals surface area contributed by atoms with Crippen molar-refractivity contribution in [2.75, 3.05) is 10.6 Å². The molecule has 0 amide bonds. The van der Waals surface area contributed by atoms with Crippen LogP contribution in [0.25, 0.3) is 0 Å². The summed E-state index contributed by atoms with van der Waals surface area (Å²) in [6, 6.07) is 26.7. The van der Waals surface area contributed by atoms with Crippen LogP contribution in [0.3, 0.4) is 0 Å². The quantitative estimate of drug-likeness (QED) is 0.206. The van der Waals surface area contributed by atoms with E-state index in [0.29, 0.717) is 6.54 Å². The number of anilines is 2. The number of nitrogens with one attached hydrogen (secondary N) is 2. The molecule has 1 aromatic heterocycles. The Hall–Kier alpha value is -3.03. The minimum absolute atomic E-state index is 0.700. The molecule has 156 valence electrons. The number of benzene rings is 3. The zero-order valence-corrected chi connectivity index (χ0v) is 19.5. The SMILES string of the molecule is C[n+]1cc(Br)sc1N=Nc1cccc(NCc2ccccc2)c1NCc1ccccc1. The molecule has 31 heavy (non-hydrogen) atoms. The highest BCUT2D eigenvalue weighted by molar-refractivity contribution is 9.11. The van der Waals surface area contributed by atoms with Crippen LogP contribution in [0.15, 0.2) is 99.1 Å². The van der Waals surface area contributed by atoms with E-state index in [9.17, 15) is 0 Å². The number of aromatic nitrogens is 1. The van der Waals surface area contributed by atoms with E-state index < -0.39 is 0 Å². The predicted molar refractivity (Wildman–Crippen MR) is 131 cm³/mol. The molecule has 4 rings (SSSR count). The first-order chi connectivity index (χ1) is 15.2. The van der Waals surface area contributed by atoms with E-state index in [4.69, 9.17) is 0 Å². The summed E-state index contributed by atoms with van der Waals surface area (Å²) in [4.78, 5) is 0. The highest BCUT2D eigenvalue weighted by atomic mass is 79.9. The lowest BCUT2D eigenvalue weighted by atomic mass is 10.1. The van der Waals surface area contributed by atoms with Crippen molar-refractivity contribution in [3.63, 3.8) is 0 Å². The molecule has 0 radical (unpaired) electrons. The fourth-order valence-electron chi connectivity index (χ4n) is 3.12. The molecule has 5 nitrogen and oxygen atoms in total. The summed E-state index contributed by atoms with van der Waals surface area (Å²) < 4.78 is 2.97. The van der Waals surface area contributed by atoms with Crippen LogP contribution in [0.4, 0.5) is 22.2 Å². The summed E-state index contributed by atoms with van der Waals surface area (Å²) in [7, 11) is 1.96. The number of rotatable bonds is 8. The summed E-state index contributed by atoms with van der Waals surface area (Å²) in [5.74, 6) is 0. The number of hydrogen-bond acceptors (Lipinski definition) is 5. The molecule has 0 aliphatic heterocycles. The first kappa shape index (κ1) is 21.2. The van der Waals surface area contributed by atoms with Crippen LogP contribution in [-0.2, 0) is 20.1 Å². The lowest BCUT2D eigenvalue weighted by Crippen LogP contribution is -2.23. The van der Waals surface area contributed by atoms with Gasteiger partial charge in [-0.3, -0.25) is 0 Å². The van der Waals surface area contributed by atoms with Crippen molar-refractivity contribution in [2.45, 2.75) is 13.1 Å². The molecule has 1 heterocycles. The maximum Gasteiger partial charge on any atom is 0.409 e. The Labute approximate surface area is 194 Å². The van der Waals surface area contributed by atoms with Crippen LogP contribution in [0.1, 0.15) is 11.1 Å². The smallest absolute Gasteiger partial charge is 0.379 e. The number of para-hydroxylation sites is 1. The Morgan fingerprint density at radius 2 is 1.45 bits per heavy atom. The Bertz CT molecular complexity index is 1160. The molecule has 7 heteroatoms. The fraction of sp³-hybridized carbons (Fsp3) is 0.125. The molecular weight excluding hydrogens is 470 g/mol. The maximum atomic E-state index is 4.57. The third-order valence-corrected chi connectivity index (χ3v) is 6.25. The molecule has 0 saturated heterocycles. The Balaban J connectivity index is 1.61. The van der Waals surface area contributed by atoms with Gasteiger partial charge < -0.3 is 10.6 Å². The number of nitrogens with zero attached hydrogens (tertiary/aromatic N) is 3. The summed E-state index contributed by atoms with van der Waals surface area (Å²) in [6.45, 7) is 1.43. The molecule has 0 fully saturated rings. The van der Waals surface area contributed by atoms with Crippen LogP contribution in [0, 0.1) is 0 Å². The van der Waals surface area contributed by atoms with E-state index in [2.05, 4.69) is 79.3 Å². The first-order valence-electron chi connectivity index (χ1n) is 9.94. The monoisotopic (exact) mass is 492 g/mol. The zero-order valence-electron chi connectivity index (χ0n) is 17.1. The van der Waals surface area contributed by atoms with Gasteiger partial charge in [-0.15, -0.1) is 0 Å². The maximum absolute atomic E-state index is 4.57. The van der Waals surface area contributed by atoms with Crippen LogP contribution >= 0.6 is 27.3 Å². The van der Waals surface area contributed by atoms with E-state index in [0.717, 1.165) is 32.5 Å². The van der Waals surface area contributed by atoms with Gasteiger partial charge >= 0.3 is 5.13 Å². The minimum atomic E-state index is 0.700. The number of aryl methyl sites for hydroxylation is 1. The second-order valence-electron chi connectivity index (χ2n) is 7.01. The highest BCUT2D eigenvalue weighted by Crippen LogP contribution is 2.35. The average Bonchev–Trinajstić information content (AvgIpc) is 3.13. The first-order valence-corrected chi connectivity index (χ1v) is 11.6. The van der Waals surface area contributed by atoms with Crippen molar-refractivity contribution in [2.24, 2.45) is 17.3 Å². The fourth-order valence-corrected chi connectivity index (χ4v) is 4.52. The van der Waals surface area contributed by atoms with Crippen molar-refractivity contribution in [3.05, 3.63) is 100.0 Å². The van der Waals surface area contributed by atoms with Crippen LogP contribution < -0.4 is 15.2 Å². The lowest BCUT2D eigenvalue weighted by Gasteiger charge is -2.15. The van der Waals surface area contributed by atoms with E-state index in [1.54, 1.807) is 11.3 Å². The second kappa shape index (κ2) is 10.3. The van der Waals surface area contributed by atoms with Crippen molar-refractivity contribution in [3.8, 4) is 0 Å². The van der Waals surface area contributed by atoms with Crippen LogP contribution in [-0.4, -0.2) is 0 Å². The van der Waals surface area contributed by atoms with E-state index in [1.165, 1.54) is 11.1 Å². The number of hydrogen-bond donors (Lipinski definition) is 2. The van der Waals surface area contributed by atoms with Gasteiger partial charge in [0.1, 0.15) is 15.7 Å². The van der Waals surface area contributed by atoms with Gasteiger partial charge in [-0.05, 0) is 55.6 Å². The number of halogens is 1. The van der Waals surface area contributed by atoms with Gasteiger partial charge in [-0.25, -0.2) is 4.57 Å². The van der Waals surface area contributed by atoms with Gasteiger partial charge in [-0.2, -0.15) is 0 Å². The zero-order chi connectivity index (χ0) is 21.5. The topological polar surface area (TPSA) is 52.7 Å². The summed E-state index contributed by atoms with van der Waals surface area (Å²) in [5.41, 5.74) is 5.15. The van der Waals surface area contributed by atoms with E-state index in [1.807, 2.05) is 54.2 Å². The van der Waals surface area contributed by atoms with E-state index in [-0.39, 0.29) is 0 Å². The molecule has 0 bridgehead atoms. The normalized spacial score (nSPS) is 11.0. The molecule has 4 aromatic rings. The van der Waals surface area contributed by atoms with Crippen molar-refractivity contribution in [1.82, 2.24) is 0 Å². The highest BCUT2D eigenvalue weighted by Gasteiger charge is 2.14. The molecule has 0 aliphatic rings. The van der Waals surface area contributed by atoms with Gasteiger partial charge in [-0.1, -0.05) is 66.7 Å². The van der Waals surface area contributed by atoms with Gasteiger partial charge in [0.2, 0.25) is 0 Å². The van der Waals surface area contributed by atoms with Gasteiger partial charge in [0.05, 0.1) is 23.5 Å². The van der Waals surface area contributed by atoms with Crippen molar-refractivity contribution >= 4 is 49.5 Å². The Kier molecular flexibility index (Phi) is 7.07. The molecule has 2 N–H and O–H groups in total. The standard InChI is InChI=1S/C24H22BrN5S/c1-30-17-22(25)31-24(30)29-28-21-14-8-13-20(26-15-18-9-4-2-5-10-18)23(21)27-16-19-11-6-3-7-12-19/h2-14,17H,15-16H2,1H3,(H,26,28)/p+1. The summed E-state index contributed by atoms with van der Waals surface area (Å²) >= 11 is 5.05. The average molecular weight is 493 g/mol. The third-order valence-electron chi connectivity index (χ3n) is 4.71.